The topological polar surface area (TPSA) is 37.8 Å². The van der Waals surface area contributed by atoms with Crippen molar-refractivity contribution >= 4 is 5.69 Å². The first-order valence-corrected chi connectivity index (χ1v) is 5.01. The highest BCUT2D eigenvalue weighted by atomic mass is 19.1. The molecule has 3 nitrogen and oxygen atoms in total. The molecule has 0 unspecified atom stereocenters. The second-order valence-corrected chi connectivity index (χ2v) is 3.51. The average molecular weight is 217 g/mol. The largest absolute Gasteiger partial charge is 0.379 e. The van der Waals surface area contributed by atoms with E-state index in [-0.39, 0.29) is 5.82 Å². The normalized spacial score (nSPS) is 10.1. The highest BCUT2D eigenvalue weighted by Gasteiger charge is 1.97. The van der Waals surface area contributed by atoms with Gasteiger partial charge >= 0.3 is 0 Å². The van der Waals surface area contributed by atoms with Crippen LogP contribution in [0.3, 0.4) is 0 Å². The van der Waals surface area contributed by atoms with Gasteiger partial charge in [0.2, 0.25) is 0 Å². The van der Waals surface area contributed by atoms with Gasteiger partial charge in [-0.15, -0.1) is 0 Å². The minimum absolute atomic E-state index is 0.246. The van der Waals surface area contributed by atoms with Crippen molar-refractivity contribution in [1.82, 2.24) is 9.97 Å². The van der Waals surface area contributed by atoms with E-state index in [1.54, 1.807) is 6.07 Å². The maximum absolute atomic E-state index is 12.9. The van der Waals surface area contributed by atoms with Crippen LogP contribution in [0.4, 0.5) is 10.1 Å². The quantitative estimate of drug-likeness (QED) is 0.858. The number of aryl methyl sites for hydroxylation is 1. The van der Waals surface area contributed by atoms with E-state index in [1.807, 2.05) is 19.1 Å². The summed E-state index contributed by atoms with van der Waals surface area (Å²) in [4.78, 5) is 8.12. The van der Waals surface area contributed by atoms with E-state index in [1.165, 1.54) is 18.5 Å². The van der Waals surface area contributed by atoms with Gasteiger partial charge in [-0.3, -0.25) is 0 Å². The molecule has 4 heteroatoms. The van der Waals surface area contributed by atoms with Crippen LogP contribution in [-0.4, -0.2) is 9.97 Å². The molecule has 2 rings (SSSR count). The molecule has 82 valence electrons. The second-order valence-electron chi connectivity index (χ2n) is 3.51. The lowest BCUT2D eigenvalue weighted by atomic mass is 10.3. The van der Waals surface area contributed by atoms with Crippen molar-refractivity contribution in [3.8, 4) is 0 Å². The smallest absolute Gasteiger partial charge is 0.125 e. The van der Waals surface area contributed by atoms with Crippen molar-refractivity contribution in [2.24, 2.45) is 0 Å². The number of benzene rings is 1. The van der Waals surface area contributed by atoms with Crippen molar-refractivity contribution in [2.75, 3.05) is 5.32 Å². The standard InChI is InChI=1S/C12H12FN3/c1-9-5-12(16-8-15-9)7-14-11-4-2-3-10(13)6-11/h2-6,8,14H,7H2,1H3. The molecule has 1 aromatic carbocycles. The number of nitrogens with one attached hydrogen (secondary N) is 1. The molecular weight excluding hydrogens is 205 g/mol. The van der Waals surface area contributed by atoms with Crippen LogP contribution >= 0.6 is 0 Å². The van der Waals surface area contributed by atoms with Gasteiger partial charge in [-0.05, 0) is 31.2 Å². The summed E-state index contributed by atoms with van der Waals surface area (Å²) in [6.07, 6.45) is 1.53. The third-order valence-electron chi connectivity index (χ3n) is 2.16. The number of halogens is 1. The second kappa shape index (κ2) is 4.70. The molecule has 0 atom stereocenters. The molecule has 0 radical (unpaired) electrons. The zero-order chi connectivity index (χ0) is 11.4. The molecule has 0 bridgehead atoms. The van der Waals surface area contributed by atoms with Gasteiger partial charge in [-0.2, -0.15) is 0 Å². The van der Waals surface area contributed by atoms with Gasteiger partial charge in [0, 0.05) is 11.4 Å². The summed E-state index contributed by atoms with van der Waals surface area (Å²) in [5.41, 5.74) is 2.55. The molecule has 0 saturated carbocycles. The number of rotatable bonds is 3. The number of anilines is 1. The van der Waals surface area contributed by atoms with Crippen molar-refractivity contribution in [1.29, 1.82) is 0 Å². The summed E-state index contributed by atoms with van der Waals surface area (Å²) < 4.78 is 12.9. The maximum atomic E-state index is 12.9. The maximum Gasteiger partial charge on any atom is 0.125 e. The van der Waals surface area contributed by atoms with Crippen LogP contribution in [-0.2, 0) is 6.54 Å². The summed E-state index contributed by atoms with van der Waals surface area (Å²) in [6, 6.07) is 8.25. The average Bonchev–Trinajstić information content (AvgIpc) is 2.27. The Morgan fingerprint density at radius 2 is 2.12 bits per heavy atom. The Balaban J connectivity index is 2.02. The van der Waals surface area contributed by atoms with E-state index < -0.39 is 0 Å². The number of hydrogen-bond donors (Lipinski definition) is 1. The molecule has 0 spiro atoms. The van der Waals surface area contributed by atoms with E-state index in [2.05, 4.69) is 15.3 Å². The van der Waals surface area contributed by atoms with Crippen molar-refractivity contribution < 1.29 is 4.39 Å². The first-order chi connectivity index (χ1) is 7.74. The fraction of sp³-hybridized carbons (Fsp3) is 0.167. The molecular formula is C12H12FN3. The van der Waals surface area contributed by atoms with Gasteiger partial charge in [0.05, 0.1) is 12.2 Å². The summed E-state index contributed by atoms with van der Waals surface area (Å²) in [6.45, 7) is 2.47. The Hall–Kier alpha value is -1.97. The first kappa shape index (κ1) is 10.5. The van der Waals surface area contributed by atoms with Gasteiger partial charge in [0.1, 0.15) is 12.1 Å². The van der Waals surface area contributed by atoms with Crippen LogP contribution in [0.15, 0.2) is 36.7 Å². The SMILES string of the molecule is Cc1cc(CNc2cccc(F)c2)ncn1. The summed E-state index contributed by atoms with van der Waals surface area (Å²) in [7, 11) is 0. The molecule has 1 N–H and O–H groups in total. The monoisotopic (exact) mass is 217 g/mol. The first-order valence-electron chi connectivity index (χ1n) is 5.01. The zero-order valence-corrected chi connectivity index (χ0v) is 8.94. The van der Waals surface area contributed by atoms with Crippen molar-refractivity contribution in [2.45, 2.75) is 13.5 Å². The molecule has 1 aromatic heterocycles. The Morgan fingerprint density at radius 1 is 1.25 bits per heavy atom. The van der Waals surface area contributed by atoms with Crippen molar-refractivity contribution in [3.63, 3.8) is 0 Å². The van der Waals surface area contributed by atoms with Crippen LogP contribution in [0.1, 0.15) is 11.4 Å². The lowest BCUT2D eigenvalue weighted by Gasteiger charge is -2.05. The Bertz CT molecular complexity index is 440. The third-order valence-corrected chi connectivity index (χ3v) is 2.16. The van der Waals surface area contributed by atoms with Gasteiger partial charge in [-0.25, -0.2) is 14.4 Å². The van der Waals surface area contributed by atoms with Crippen LogP contribution in [0.5, 0.6) is 0 Å². The Labute approximate surface area is 93.4 Å². The molecule has 0 amide bonds. The summed E-state index contributed by atoms with van der Waals surface area (Å²) in [5.74, 6) is -0.246. The van der Waals surface area contributed by atoms with E-state index >= 15 is 0 Å². The van der Waals surface area contributed by atoms with Crippen LogP contribution < -0.4 is 5.32 Å². The van der Waals surface area contributed by atoms with Crippen molar-refractivity contribution in [3.05, 3.63) is 53.9 Å². The van der Waals surface area contributed by atoms with E-state index in [4.69, 9.17) is 0 Å². The highest BCUT2D eigenvalue weighted by molar-refractivity contribution is 5.43. The predicted molar refractivity (Wildman–Crippen MR) is 60.5 cm³/mol. The van der Waals surface area contributed by atoms with E-state index in [0.29, 0.717) is 6.54 Å². The molecule has 0 fully saturated rings. The predicted octanol–water partition coefficient (Wildman–Crippen LogP) is 2.54. The summed E-state index contributed by atoms with van der Waals surface area (Å²) in [5, 5.41) is 3.10. The van der Waals surface area contributed by atoms with Gasteiger partial charge in [0.15, 0.2) is 0 Å². The molecule has 16 heavy (non-hydrogen) atoms. The molecule has 2 aromatic rings. The van der Waals surface area contributed by atoms with Crippen LogP contribution in [0.25, 0.3) is 0 Å². The molecule has 0 saturated heterocycles. The highest BCUT2D eigenvalue weighted by Crippen LogP contribution is 2.10. The summed E-state index contributed by atoms with van der Waals surface area (Å²) >= 11 is 0. The third kappa shape index (κ3) is 2.76. The lowest BCUT2D eigenvalue weighted by molar-refractivity contribution is 0.628. The van der Waals surface area contributed by atoms with Gasteiger partial charge < -0.3 is 5.32 Å². The molecule has 0 aliphatic carbocycles. The fourth-order valence-corrected chi connectivity index (χ4v) is 1.40. The Morgan fingerprint density at radius 3 is 2.88 bits per heavy atom. The Kier molecular flexibility index (Phi) is 3.10. The molecule has 0 aliphatic rings. The lowest BCUT2D eigenvalue weighted by Crippen LogP contribution is -2.02. The molecule has 1 heterocycles. The number of nitrogens with zero attached hydrogens (tertiary/aromatic N) is 2. The van der Waals surface area contributed by atoms with Gasteiger partial charge in [0.25, 0.3) is 0 Å². The van der Waals surface area contributed by atoms with Crippen LogP contribution in [0, 0.1) is 12.7 Å². The van der Waals surface area contributed by atoms with Crippen LogP contribution in [0.2, 0.25) is 0 Å². The van der Waals surface area contributed by atoms with E-state index in [9.17, 15) is 4.39 Å². The minimum atomic E-state index is -0.246. The zero-order valence-electron chi connectivity index (χ0n) is 8.94. The number of aromatic nitrogens is 2. The van der Waals surface area contributed by atoms with Gasteiger partial charge in [-0.1, -0.05) is 6.07 Å². The molecule has 0 aliphatic heterocycles. The fourth-order valence-electron chi connectivity index (χ4n) is 1.40. The number of hydrogen-bond acceptors (Lipinski definition) is 3. The van der Waals surface area contributed by atoms with E-state index in [0.717, 1.165) is 17.1 Å². The minimum Gasteiger partial charge on any atom is -0.379 e.